The van der Waals surface area contributed by atoms with Crippen molar-refractivity contribution in [1.29, 1.82) is 0 Å². The molecule has 3 rings (SSSR count). The second-order valence-corrected chi connectivity index (χ2v) is 3.50. The van der Waals surface area contributed by atoms with Crippen molar-refractivity contribution in [3.05, 3.63) is 47.6 Å². The van der Waals surface area contributed by atoms with Gasteiger partial charge in [-0.2, -0.15) is 0 Å². The van der Waals surface area contributed by atoms with Crippen molar-refractivity contribution in [2.24, 2.45) is 5.18 Å². The number of oxazole rings is 1. The summed E-state index contributed by atoms with van der Waals surface area (Å²) in [6.07, 6.45) is 3.29. The van der Waals surface area contributed by atoms with Crippen LogP contribution in [0.15, 0.2) is 52.3 Å². The molecule has 1 aromatic carbocycles. The topological polar surface area (TPSA) is 68.3 Å². The molecule has 0 N–H and O–H groups in total. The summed E-state index contributed by atoms with van der Waals surface area (Å²) in [6, 6.07) is 8.49. The summed E-state index contributed by atoms with van der Waals surface area (Å²) in [7, 11) is 0. The van der Waals surface area contributed by atoms with E-state index in [9.17, 15) is 4.91 Å². The summed E-state index contributed by atoms with van der Waals surface area (Å²) in [5.41, 5.74) is 2.58. The standard InChI is InChI=1S/C12H7N3O2/c16-15-9-3-1-8(2-4-9)12-14-10-7-13-6-5-11(10)17-12/h1-7H. The molecule has 0 saturated carbocycles. The van der Waals surface area contributed by atoms with Crippen LogP contribution in [0.3, 0.4) is 0 Å². The van der Waals surface area contributed by atoms with Crippen LogP contribution in [0.25, 0.3) is 22.6 Å². The van der Waals surface area contributed by atoms with Crippen molar-refractivity contribution in [2.45, 2.75) is 0 Å². The van der Waals surface area contributed by atoms with Crippen molar-refractivity contribution in [3.8, 4) is 11.5 Å². The summed E-state index contributed by atoms with van der Waals surface area (Å²) >= 11 is 0. The Balaban J connectivity index is 2.10. The van der Waals surface area contributed by atoms with Gasteiger partial charge in [-0.3, -0.25) is 4.98 Å². The van der Waals surface area contributed by atoms with Crippen molar-refractivity contribution < 1.29 is 4.42 Å². The average Bonchev–Trinajstić information content (AvgIpc) is 2.82. The van der Waals surface area contributed by atoms with Gasteiger partial charge in [0.2, 0.25) is 5.89 Å². The molecule has 3 aromatic rings. The molecule has 5 nitrogen and oxygen atoms in total. The van der Waals surface area contributed by atoms with E-state index in [1.165, 1.54) is 0 Å². The summed E-state index contributed by atoms with van der Waals surface area (Å²) in [4.78, 5) is 18.6. The first kappa shape index (κ1) is 9.65. The number of fused-ring (bicyclic) bond motifs is 1. The Morgan fingerprint density at radius 3 is 2.65 bits per heavy atom. The molecule has 2 heterocycles. The second kappa shape index (κ2) is 3.79. The largest absolute Gasteiger partial charge is 0.436 e. The summed E-state index contributed by atoms with van der Waals surface area (Å²) in [5, 5.41) is 2.84. The molecule has 82 valence electrons. The number of pyridine rings is 1. The molecule has 0 unspecified atom stereocenters. The molecule has 0 bridgehead atoms. The van der Waals surface area contributed by atoms with Gasteiger partial charge in [0.15, 0.2) is 5.58 Å². The van der Waals surface area contributed by atoms with Crippen molar-refractivity contribution in [2.75, 3.05) is 0 Å². The molecule has 0 fully saturated rings. The SMILES string of the molecule is O=Nc1ccc(-c2nc3cnccc3o2)cc1. The van der Waals surface area contributed by atoms with Gasteiger partial charge in [0.25, 0.3) is 0 Å². The molecular formula is C12H7N3O2. The maximum absolute atomic E-state index is 10.3. The highest BCUT2D eigenvalue weighted by atomic mass is 16.3. The average molecular weight is 225 g/mol. The number of hydrogen-bond donors (Lipinski definition) is 0. The van der Waals surface area contributed by atoms with Crippen molar-refractivity contribution in [3.63, 3.8) is 0 Å². The predicted molar refractivity (Wildman–Crippen MR) is 62.7 cm³/mol. The van der Waals surface area contributed by atoms with E-state index in [-0.39, 0.29) is 0 Å². The molecule has 2 aromatic heterocycles. The van der Waals surface area contributed by atoms with Crippen LogP contribution in [0.1, 0.15) is 0 Å². The molecule has 0 radical (unpaired) electrons. The predicted octanol–water partition coefficient (Wildman–Crippen LogP) is 3.29. The zero-order valence-electron chi connectivity index (χ0n) is 8.70. The normalized spacial score (nSPS) is 10.6. The molecular weight excluding hydrogens is 218 g/mol. The third-order valence-corrected chi connectivity index (χ3v) is 2.41. The van der Waals surface area contributed by atoms with Gasteiger partial charge in [0, 0.05) is 17.8 Å². The van der Waals surface area contributed by atoms with Crippen LogP contribution >= 0.6 is 0 Å². The lowest BCUT2D eigenvalue weighted by Crippen LogP contribution is -1.75. The summed E-state index contributed by atoms with van der Waals surface area (Å²) in [6.45, 7) is 0. The van der Waals surface area contributed by atoms with Crippen molar-refractivity contribution >= 4 is 16.8 Å². The van der Waals surface area contributed by atoms with Crippen LogP contribution in [-0.4, -0.2) is 9.97 Å². The first-order valence-electron chi connectivity index (χ1n) is 5.01. The fraction of sp³-hybridized carbons (Fsp3) is 0. The van der Waals surface area contributed by atoms with Crippen LogP contribution in [-0.2, 0) is 0 Å². The van der Waals surface area contributed by atoms with Gasteiger partial charge < -0.3 is 4.42 Å². The van der Waals surface area contributed by atoms with Crippen LogP contribution in [0.5, 0.6) is 0 Å². The molecule has 17 heavy (non-hydrogen) atoms. The van der Waals surface area contributed by atoms with Crippen LogP contribution in [0, 0.1) is 4.91 Å². The number of nitrogens with zero attached hydrogens (tertiary/aromatic N) is 3. The molecule has 0 aliphatic heterocycles. The third kappa shape index (κ3) is 1.67. The minimum Gasteiger partial charge on any atom is -0.436 e. The van der Waals surface area contributed by atoms with Gasteiger partial charge in [0.1, 0.15) is 11.2 Å². The van der Waals surface area contributed by atoms with Gasteiger partial charge in [-0.25, -0.2) is 4.98 Å². The van der Waals surface area contributed by atoms with E-state index in [0.29, 0.717) is 22.7 Å². The maximum Gasteiger partial charge on any atom is 0.227 e. The van der Waals surface area contributed by atoms with Crippen LogP contribution < -0.4 is 0 Å². The van der Waals surface area contributed by atoms with Gasteiger partial charge in [-0.05, 0) is 29.4 Å². The third-order valence-electron chi connectivity index (χ3n) is 2.41. The lowest BCUT2D eigenvalue weighted by Gasteiger charge is -1.93. The number of hydrogen-bond acceptors (Lipinski definition) is 5. The molecule has 0 amide bonds. The quantitative estimate of drug-likeness (QED) is 0.627. The number of nitroso groups, excluding NO2 is 1. The Kier molecular flexibility index (Phi) is 2.15. The Morgan fingerprint density at radius 2 is 1.94 bits per heavy atom. The zero-order chi connectivity index (χ0) is 11.7. The van der Waals surface area contributed by atoms with Gasteiger partial charge in [-0.1, -0.05) is 0 Å². The Labute approximate surface area is 96.1 Å². The monoisotopic (exact) mass is 225 g/mol. The summed E-state index contributed by atoms with van der Waals surface area (Å²) < 4.78 is 5.57. The molecule has 5 heteroatoms. The first-order chi connectivity index (χ1) is 8.36. The van der Waals surface area contributed by atoms with E-state index < -0.39 is 0 Å². The fourth-order valence-electron chi connectivity index (χ4n) is 1.57. The molecule has 0 spiro atoms. The highest BCUT2D eigenvalue weighted by Crippen LogP contribution is 2.25. The van der Waals surface area contributed by atoms with E-state index in [1.807, 2.05) is 0 Å². The number of benzene rings is 1. The Hall–Kier alpha value is -2.56. The number of rotatable bonds is 2. The molecule has 0 aliphatic carbocycles. The van der Waals surface area contributed by atoms with Crippen molar-refractivity contribution in [1.82, 2.24) is 9.97 Å². The lowest BCUT2D eigenvalue weighted by atomic mass is 10.2. The summed E-state index contributed by atoms with van der Waals surface area (Å²) in [5.74, 6) is 0.505. The molecule has 0 aliphatic rings. The smallest absolute Gasteiger partial charge is 0.227 e. The van der Waals surface area contributed by atoms with Crippen LogP contribution in [0.4, 0.5) is 5.69 Å². The lowest BCUT2D eigenvalue weighted by molar-refractivity contribution is 0.619. The highest BCUT2D eigenvalue weighted by molar-refractivity contribution is 5.75. The Bertz CT molecular complexity index is 641. The van der Waals surface area contributed by atoms with E-state index >= 15 is 0 Å². The Morgan fingerprint density at radius 1 is 1.12 bits per heavy atom. The molecule has 0 saturated heterocycles. The van der Waals surface area contributed by atoms with Gasteiger partial charge in [0.05, 0.1) is 6.20 Å². The second-order valence-electron chi connectivity index (χ2n) is 3.50. The minimum atomic E-state index is 0.381. The highest BCUT2D eigenvalue weighted by Gasteiger charge is 2.07. The van der Waals surface area contributed by atoms with E-state index in [0.717, 1.165) is 5.56 Å². The van der Waals surface area contributed by atoms with E-state index in [2.05, 4.69) is 15.1 Å². The maximum atomic E-state index is 10.3. The first-order valence-corrected chi connectivity index (χ1v) is 5.01. The van der Waals surface area contributed by atoms with Gasteiger partial charge >= 0.3 is 0 Å². The zero-order valence-corrected chi connectivity index (χ0v) is 8.70. The van der Waals surface area contributed by atoms with E-state index in [1.54, 1.807) is 42.7 Å². The fourth-order valence-corrected chi connectivity index (χ4v) is 1.57. The van der Waals surface area contributed by atoms with Gasteiger partial charge in [-0.15, -0.1) is 4.91 Å². The van der Waals surface area contributed by atoms with Crippen LogP contribution in [0.2, 0.25) is 0 Å². The van der Waals surface area contributed by atoms with E-state index in [4.69, 9.17) is 4.42 Å². The molecule has 0 atom stereocenters. The number of aromatic nitrogens is 2. The minimum absolute atomic E-state index is 0.381.